The molecule has 2 unspecified atom stereocenters. The summed E-state index contributed by atoms with van der Waals surface area (Å²) in [6, 6.07) is 0.488. The zero-order valence-electron chi connectivity index (χ0n) is 13.5. The van der Waals surface area contributed by atoms with Crippen LogP contribution in [0.25, 0.3) is 0 Å². The smallest absolute Gasteiger partial charge is 0.236 e. The number of hydrogen-bond acceptors (Lipinski definition) is 5. The molecule has 0 aromatic carbocycles. The lowest BCUT2D eigenvalue weighted by Crippen LogP contribution is -2.47. The molecule has 2 fully saturated rings. The van der Waals surface area contributed by atoms with Gasteiger partial charge in [0.1, 0.15) is 0 Å². The number of rotatable bonds is 6. The summed E-state index contributed by atoms with van der Waals surface area (Å²) in [6.45, 7) is 9.34. The van der Waals surface area contributed by atoms with E-state index >= 15 is 0 Å². The second kappa shape index (κ2) is 11.4. The van der Waals surface area contributed by atoms with Crippen LogP contribution in [0.5, 0.6) is 0 Å². The number of halogens is 2. The molecule has 6 nitrogen and oxygen atoms in total. The highest BCUT2D eigenvalue weighted by Gasteiger charge is 2.36. The van der Waals surface area contributed by atoms with Gasteiger partial charge in [-0.2, -0.15) is 0 Å². The van der Waals surface area contributed by atoms with E-state index in [-0.39, 0.29) is 30.7 Å². The average Bonchev–Trinajstić information content (AvgIpc) is 2.86. The maximum Gasteiger partial charge on any atom is 0.236 e. The first-order chi connectivity index (χ1) is 9.72. The molecule has 22 heavy (non-hydrogen) atoms. The predicted octanol–water partition coefficient (Wildman–Crippen LogP) is 0.245. The number of methoxy groups -OCH3 is 1. The van der Waals surface area contributed by atoms with Gasteiger partial charge in [-0.1, -0.05) is 6.92 Å². The molecular formula is C14H29Cl2N3O3. The van der Waals surface area contributed by atoms with Crippen LogP contribution < -0.4 is 5.32 Å². The molecule has 2 rings (SSSR count). The van der Waals surface area contributed by atoms with Crippen molar-refractivity contribution < 1.29 is 14.3 Å². The lowest BCUT2D eigenvalue weighted by Gasteiger charge is -2.34. The Morgan fingerprint density at radius 3 is 2.59 bits per heavy atom. The molecule has 1 amide bonds. The molecule has 0 spiro atoms. The fourth-order valence-electron chi connectivity index (χ4n) is 3.02. The number of ether oxygens (including phenoxy) is 2. The molecule has 2 saturated heterocycles. The summed E-state index contributed by atoms with van der Waals surface area (Å²) >= 11 is 0. The highest BCUT2D eigenvalue weighted by atomic mass is 35.5. The predicted molar refractivity (Wildman–Crippen MR) is 91.2 cm³/mol. The van der Waals surface area contributed by atoms with Gasteiger partial charge in [-0.15, -0.1) is 24.8 Å². The second-order valence-electron chi connectivity index (χ2n) is 5.66. The Hall–Kier alpha value is -0.110. The average molecular weight is 358 g/mol. The molecule has 0 saturated carbocycles. The number of nitrogens with zero attached hydrogens (tertiary/aromatic N) is 2. The van der Waals surface area contributed by atoms with E-state index in [9.17, 15) is 4.79 Å². The number of carbonyl (C=O) groups is 1. The molecule has 132 valence electrons. The van der Waals surface area contributed by atoms with Gasteiger partial charge < -0.3 is 19.7 Å². The Labute approximate surface area is 145 Å². The standard InChI is InChI=1S/C14H27N3O3.2ClH/c1-12-10-17(14(18)9-15-3-6-19-2)11-13(12)16-4-7-20-8-5-16;;/h12-13,15H,3-11H2,1-2H3;2*1H. The third kappa shape index (κ3) is 6.18. The van der Waals surface area contributed by atoms with Gasteiger partial charge in [-0.05, 0) is 5.92 Å². The monoisotopic (exact) mass is 357 g/mol. The minimum absolute atomic E-state index is 0. The normalized spacial score (nSPS) is 25.5. The highest BCUT2D eigenvalue weighted by molar-refractivity contribution is 5.85. The number of carbonyl (C=O) groups excluding carboxylic acids is 1. The van der Waals surface area contributed by atoms with E-state index in [0.717, 1.165) is 45.9 Å². The number of hydrogen-bond donors (Lipinski definition) is 1. The van der Waals surface area contributed by atoms with Crippen LogP contribution in [0.15, 0.2) is 0 Å². The molecule has 0 aromatic heterocycles. The van der Waals surface area contributed by atoms with Gasteiger partial charge in [0, 0.05) is 45.9 Å². The van der Waals surface area contributed by atoms with Crippen LogP contribution in [0.4, 0.5) is 0 Å². The van der Waals surface area contributed by atoms with Crippen molar-refractivity contribution in [2.75, 3.05) is 66.2 Å². The third-order valence-corrected chi connectivity index (χ3v) is 4.20. The maximum atomic E-state index is 12.2. The molecule has 2 aliphatic heterocycles. The van der Waals surface area contributed by atoms with Crippen molar-refractivity contribution >= 4 is 30.7 Å². The summed E-state index contributed by atoms with van der Waals surface area (Å²) < 4.78 is 10.4. The summed E-state index contributed by atoms with van der Waals surface area (Å²) in [7, 11) is 1.67. The van der Waals surface area contributed by atoms with Crippen LogP contribution in [0.1, 0.15) is 6.92 Å². The maximum absolute atomic E-state index is 12.2. The fourth-order valence-corrected chi connectivity index (χ4v) is 3.02. The Bertz CT molecular complexity index is 318. The number of nitrogens with one attached hydrogen (secondary N) is 1. The Kier molecular flexibility index (Phi) is 11.4. The Morgan fingerprint density at radius 1 is 1.27 bits per heavy atom. The summed E-state index contributed by atoms with van der Waals surface area (Å²) in [6.07, 6.45) is 0. The first kappa shape index (κ1) is 21.9. The van der Waals surface area contributed by atoms with Crippen molar-refractivity contribution in [3.8, 4) is 0 Å². The van der Waals surface area contributed by atoms with Gasteiger partial charge in [0.25, 0.3) is 0 Å². The summed E-state index contributed by atoms with van der Waals surface area (Å²) in [5, 5.41) is 3.12. The SMILES string of the molecule is COCCNCC(=O)N1CC(C)C(N2CCOCC2)C1.Cl.Cl. The van der Waals surface area contributed by atoms with Crippen LogP contribution in [0.2, 0.25) is 0 Å². The number of amides is 1. The molecule has 0 aliphatic carbocycles. The molecule has 1 N–H and O–H groups in total. The Balaban J connectivity index is 0.00000220. The zero-order valence-corrected chi connectivity index (χ0v) is 15.1. The van der Waals surface area contributed by atoms with Crippen LogP contribution in [-0.2, 0) is 14.3 Å². The minimum Gasteiger partial charge on any atom is -0.383 e. The van der Waals surface area contributed by atoms with Crippen molar-refractivity contribution in [2.24, 2.45) is 5.92 Å². The first-order valence-electron chi connectivity index (χ1n) is 7.51. The molecule has 2 aliphatic rings. The molecule has 0 bridgehead atoms. The van der Waals surface area contributed by atoms with E-state index < -0.39 is 0 Å². The van der Waals surface area contributed by atoms with Crippen LogP contribution in [0, 0.1) is 5.92 Å². The lowest BCUT2D eigenvalue weighted by atomic mass is 10.0. The van der Waals surface area contributed by atoms with Gasteiger partial charge in [0.05, 0.1) is 26.4 Å². The first-order valence-corrected chi connectivity index (χ1v) is 7.51. The quantitative estimate of drug-likeness (QED) is 0.690. The molecule has 0 radical (unpaired) electrons. The van der Waals surface area contributed by atoms with E-state index in [1.165, 1.54) is 0 Å². The molecule has 8 heteroatoms. The van der Waals surface area contributed by atoms with Gasteiger partial charge in [0.2, 0.25) is 5.91 Å². The van der Waals surface area contributed by atoms with E-state index in [1.54, 1.807) is 7.11 Å². The van der Waals surface area contributed by atoms with Gasteiger partial charge in [-0.25, -0.2) is 0 Å². The van der Waals surface area contributed by atoms with Crippen LogP contribution in [0.3, 0.4) is 0 Å². The van der Waals surface area contributed by atoms with Gasteiger partial charge in [-0.3, -0.25) is 9.69 Å². The van der Waals surface area contributed by atoms with Crippen molar-refractivity contribution in [3.05, 3.63) is 0 Å². The van der Waals surface area contributed by atoms with E-state index in [2.05, 4.69) is 17.1 Å². The fraction of sp³-hybridized carbons (Fsp3) is 0.929. The molecule has 0 aromatic rings. The van der Waals surface area contributed by atoms with Crippen molar-refractivity contribution in [1.29, 1.82) is 0 Å². The molecule has 2 atom stereocenters. The summed E-state index contributed by atoms with van der Waals surface area (Å²) in [4.78, 5) is 16.6. The molecular weight excluding hydrogens is 329 g/mol. The van der Waals surface area contributed by atoms with Crippen molar-refractivity contribution in [2.45, 2.75) is 13.0 Å². The summed E-state index contributed by atoms with van der Waals surface area (Å²) in [5.74, 6) is 0.736. The second-order valence-corrected chi connectivity index (χ2v) is 5.66. The topological polar surface area (TPSA) is 54.0 Å². The molecule has 2 heterocycles. The van der Waals surface area contributed by atoms with Crippen LogP contribution in [-0.4, -0.2) is 87.9 Å². The third-order valence-electron chi connectivity index (χ3n) is 4.20. The van der Waals surface area contributed by atoms with Gasteiger partial charge >= 0.3 is 0 Å². The van der Waals surface area contributed by atoms with Crippen molar-refractivity contribution in [3.63, 3.8) is 0 Å². The largest absolute Gasteiger partial charge is 0.383 e. The van der Waals surface area contributed by atoms with E-state index in [1.807, 2.05) is 4.90 Å². The Morgan fingerprint density at radius 2 is 1.95 bits per heavy atom. The van der Waals surface area contributed by atoms with Crippen molar-refractivity contribution in [1.82, 2.24) is 15.1 Å². The minimum atomic E-state index is 0. The lowest BCUT2D eigenvalue weighted by molar-refractivity contribution is -0.129. The summed E-state index contributed by atoms with van der Waals surface area (Å²) in [5.41, 5.74) is 0. The number of likely N-dealkylation sites (tertiary alicyclic amines) is 1. The zero-order chi connectivity index (χ0) is 14.4. The van der Waals surface area contributed by atoms with Crippen LogP contribution >= 0.6 is 24.8 Å². The number of morpholine rings is 1. The van der Waals surface area contributed by atoms with E-state index in [0.29, 0.717) is 25.1 Å². The van der Waals surface area contributed by atoms with E-state index in [4.69, 9.17) is 9.47 Å². The van der Waals surface area contributed by atoms with Gasteiger partial charge in [0.15, 0.2) is 0 Å². The highest BCUT2D eigenvalue weighted by Crippen LogP contribution is 2.22.